The summed E-state index contributed by atoms with van der Waals surface area (Å²) in [6, 6.07) is 17.5. The van der Waals surface area contributed by atoms with E-state index in [1.165, 1.54) is 0 Å². The Labute approximate surface area is 170 Å². The molecule has 7 heteroatoms. The number of hydrogen-bond donors (Lipinski definition) is 2. The van der Waals surface area contributed by atoms with Crippen molar-refractivity contribution in [3.8, 4) is 0 Å². The molecule has 2 N–H and O–H groups in total. The van der Waals surface area contributed by atoms with Gasteiger partial charge in [0.25, 0.3) is 5.56 Å². The standard InChI is InChI=1S/C21H25N5OS/c1-25(2)12-13-26(21(28)22-14-16-8-4-3-5-9-16)15-19-23-18-11-7-6-10-17(18)20(27)24-19/h3-11H,12-15H2,1-2H3,(H,22,28)(H,23,24,27). The lowest BCUT2D eigenvalue weighted by atomic mass is 10.2. The first-order valence-electron chi connectivity index (χ1n) is 9.22. The van der Waals surface area contributed by atoms with Crippen molar-refractivity contribution in [2.24, 2.45) is 0 Å². The maximum absolute atomic E-state index is 12.4. The molecular formula is C21H25N5OS. The number of nitrogens with one attached hydrogen (secondary N) is 2. The molecule has 0 bridgehead atoms. The summed E-state index contributed by atoms with van der Waals surface area (Å²) in [6.07, 6.45) is 0. The van der Waals surface area contributed by atoms with Gasteiger partial charge in [-0.3, -0.25) is 4.79 Å². The van der Waals surface area contributed by atoms with Crippen molar-refractivity contribution < 1.29 is 0 Å². The average molecular weight is 396 g/mol. The molecule has 1 heterocycles. The number of likely N-dealkylation sites (N-methyl/N-ethyl adjacent to an activating group) is 1. The second-order valence-electron chi connectivity index (χ2n) is 6.90. The topological polar surface area (TPSA) is 64.3 Å². The predicted molar refractivity (Wildman–Crippen MR) is 117 cm³/mol. The van der Waals surface area contributed by atoms with E-state index in [4.69, 9.17) is 12.2 Å². The van der Waals surface area contributed by atoms with Gasteiger partial charge in [-0.1, -0.05) is 42.5 Å². The smallest absolute Gasteiger partial charge is 0.258 e. The van der Waals surface area contributed by atoms with Gasteiger partial charge >= 0.3 is 0 Å². The van der Waals surface area contributed by atoms with E-state index >= 15 is 0 Å². The molecule has 0 unspecified atom stereocenters. The number of H-pyrrole nitrogens is 1. The monoisotopic (exact) mass is 395 g/mol. The van der Waals surface area contributed by atoms with Gasteiger partial charge in [-0.15, -0.1) is 0 Å². The highest BCUT2D eigenvalue weighted by molar-refractivity contribution is 7.80. The van der Waals surface area contributed by atoms with E-state index in [2.05, 4.69) is 32.3 Å². The highest BCUT2D eigenvalue weighted by Gasteiger charge is 2.13. The molecule has 0 radical (unpaired) electrons. The molecule has 0 aliphatic carbocycles. The van der Waals surface area contributed by atoms with Crippen LogP contribution in [0.1, 0.15) is 11.4 Å². The molecule has 0 atom stereocenters. The predicted octanol–water partition coefficient (Wildman–Crippen LogP) is 2.36. The van der Waals surface area contributed by atoms with Gasteiger partial charge in [-0.25, -0.2) is 4.98 Å². The van der Waals surface area contributed by atoms with Crippen LogP contribution in [0, 0.1) is 0 Å². The Bertz CT molecular complexity index is 987. The van der Waals surface area contributed by atoms with E-state index in [-0.39, 0.29) is 5.56 Å². The van der Waals surface area contributed by atoms with Crippen molar-refractivity contribution in [1.82, 2.24) is 25.1 Å². The van der Waals surface area contributed by atoms with Crippen LogP contribution >= 0.6 is 12.2 Å². The number of nitrogens with zero attached hydrogens (tertiary/aromatic N) is 3. The second-order valence-corrected chi connectivity index (χ2v) is 7.29. The van der Waals surface area contributed by atoms with Gasteiger partial charge in [-0.05, 0) is 44.0 Å². The fourth-order valence-corrected chi connectivity index (χ4v) is 3.08. The molecule has 28 heavy (non-hydrogen) atoms. The number of benzene rings is 2. The molecular weight excluding hydrogens is 370 g/mol. The molecule has 0 fully saturated rings. The summed E-state index contributed by atoms with van der Waals surface area (Å²) >= 11 is 5.63. The first-order chi connectivity index (χ1) is 13.5. The maximum atomic E-state index is 12.4. The van der Waals surface area contributed by atoms with E-state index in [1.807, 2.05) is 55.4 Å². The summed E-state index contributed by atoms with van der Waals surface area (Å²) in [5.74, 6) is 0.603. The lowest BCUT2D eigenvalue weighted by Crippen LogP contribution is -2.42. The quantitative estimate of drug-likeness (QED) is 0.599. The van der Waals surface area contributed by atoms with Crippen LogP contribution in [0.2, 0.25) is 0 Å². The van der Waals surface area contributed by atoms with Crippen molar-refractivity contribution in [2.75, 3.05) is 27.2 Å². The summed E-state index contributed by atoms with van der Waals surface area (Å²) in [5, 5.41) is 4.55. The second kappa shape index (κ2) is 9.43. The highest BCUT2D eigenvalue weighted by Crippen LogP contribution is 2.08. The van der Waals surface area contributed by atoms with Crippen LogP contribution < -0.4 is 10.9 Å². The largest absolute Gasteiger partial charge is 0.358 e. The van der Waals surface area contributed by atoms with Crippen molar-refractivity contribution >= 4 is 28.2 Å². The lowest BCUT2D eigenvalue weighted by Gasteiger charge is -2.27. The molecule has 3 rings (SSSR count). The van der Waals surface area contributed by atoms with E-state index in [9.17, 15) is 4.79 Å². The third-order valence-corrected chi connectivity index (χ3v) is 4.80. The zero-order valence-corrected chi connectivity index (χ0v) is 17.0. The zero-order valence-electron chi connectivity index (χ0n) is 16.2. The SMILES string of the molecule is CN(C)CCN(Cc1nc2ccccc2c(=O)[nH]1)C(=S)NCc1ccccc1. The van der Waals surface area contributed by atoms with Crippen LogP contribution in [0.3, 0.4) is 0 Å². The zero-order chi connectivity index (χ0) is 19.9. The molecule has 2 aromatic carbocycles. The van der Waals surface area contributed by atoms with Gasteiger partial charge in [0.15, 0.2) is 5.11 Å². The number of thiocarbonyl (C=S) groups is 1. The number of aromatic nitrogens is 2. The Hall–Kier alpha value is -2.77. The molecule has 0 saturated heterocycles. The number of aromatic amines is 1. The normalized spacial score (nSPS) is 11.0. The van der Waals surface area contributed by atoms with Crippen molar-refractivity contribution in [3.05, 3.63) is 76.3 Å². The van der Waals surface area contributed by atoms with Crippen molar-refractivity contribution in [2.45, 2.75) is 13.1 Å². The molecule has 1 aromatic heterocycles. The number of fused-ring (bicyclic) bond motifs is 1. The van der Waals surface area contributed by atoms with Crippen molar-refractivity contribution in [3.63, 3.8) is 0 Å². The minimum Gasteiger partial charge on any atom is -0.358 e. The summed E-state index contributed by atoms with van der Waals surface area (Å²) in [4.78, 5) is 24.0. The van der Waals surface area contributed by atoms with Crippen LogP contribution in [0.15, 0.2) is 59.4 Å². The molecule has 6 nitrogen and oxygen atoms in total. The fraction of sp³-hybridized carbons (Fsp3) is 0.286. The van der Waals surface area contributed by atoms with Gasteiger partial charge in [0.2, 0.25) is 0 Å². The Kier molecular flexibility index (Phi) is 6.73. The van der Waals surface area contributed by atoms with Crippen LogP contribution in [-0.4, -0.2) is 52.1 Å². The average Bonchev–Trinajstić information content (AvgIpc) is 2.70. The molecule has 0 aliphatic heterocycles. The minimum atomic E-state index is -0.128. The molecule has 0 aliphatic rings. The van der Waals surface area contributed by atoms with E-state index in [0.29, 0.717) is 34.9 Å². The Morgan fingerprint density at radius 3 is 2.54 bits per heavy atom. The molecule has 0 saturated carbocycles. The van der Waals surface area contributed by atoms with Crippen molar-refractivity contribution in [1.29, 1.82) is 0 Å². The summed E-state index contributed by atoms with van der Waals surface area (Å²) in [6.45, 7) is 2.66. The van der Waals surface area contributed by atoms with Gasteiger partial charge in [-0.2, -0.15) is 0 Å². The van der Waals surface area contributed by atoms with Gasteiger partial charge in [0.05, 0.1) is 17.4 Å². The highest BCUT2D eigenvalue weighted by atomic mass is 32.1. The van der Waals surface area contributed by atoms with Gasteiger partial charge < -0.3 is 20.1 Å². The number of rotatable bonds is 7. The van der Waals surface area contributed by atoms with Gasteiger partial charge in [0.1, 0.15) is 5.82 Å². The first-order valence-corrected chi connectivity index (χ1v) is 9.63. The third kappa shape index (κ3) is 5.37. The lowest BCUT2D eigenvalue weighted by molar-refractivity contribution is 0.318. The molecule has 0 amide bonds. The minimum absolute atomic E-state index is 0.128. The third-order valence-electron chi connectivity index (χ3n) is 4.39. The van der Waals surface area contributed by atoms with Crippen LogP contribution in [0.25, 0.3) is 10.9 Å². The summed E-state index contributed by atoms with van der Waals surface area (Å²) in [5.41, 5.74) is 1.72. The maximum Gasteiger partial charge on any atom is 0.258 e. The Morgan fingerprint density at radius 1 is 1.07 bits per heavy atom. The van der Waals surface area contributed by atoms with E-state index in [0.717, 1.165) is 18.7 Å². The Morgan fingerprint density at radius 2 is 1.79 bits per heavy atom. The van der Waals surface area contributed by atoms with Crippen LogP contribution in [0.4, 0.5) is 0 Å². The number of para-hydroxylation sites is 1. The molecule has 0 spiro atoms. The van der Waals surface area contributed by atoms with Gasteiger partial charge in [0, 0.05) is 19.6 Å². The van der Waals surface area contributed by atoms with Crippen LogP contribution in [0.5, 0.6) is 0 Å². The van der Waals surface area contributed by atoms with Crippen LogP contribution in [-0.2, 0) is 13.1 Å². The summed E-state index contributed by atoms with van der Waals surface area (Å²) < 4.78 is 0. The van der Waals surface area contributed by atoms with E-state index < -0.39 is 0 Å². The Balaban J connectivity index is 1.75. The summed E-state index contributed by atoms with van der Waals surface area (Å²) in [7, 11) is 4.05. The number of hydrogen-bond acceptors (Lipinski definition) is 4. The van der Waals surface area contributed by atoms with E-state index in [1.54, 1.807) is 6.07 Å². The molecule has 3 aromatic rings. The fourth-order valence-electron chi connectivity index (χ4n) is 2.85. The first kappa shape index (κ1) is 20.0. The molecule has 146 valence electrons.